The molecule has 218 valence electrons. The van der Waals surface area contributed by atoms with E-state index in [1.807, 2.05) is 42.7 Å². The van der Waals surface area contributed by atoms with E-state index in [-0.39, 0.29) is 60.4 Å². The second-order valence-electron chi connectivity index (χ2n) is 10.8. The Labute approximate surface area is 269 Å². The van der Waals surface area contributed by atoms with Crippen LogP contribution in [0.5, 0.6) is 0 Å². The van der Waals surface area contributed by atoms with Crippen molar-refractivity contribution in [1.29, 1.82) is 0 Å². The van der Waals surface area contributed by atoms with Crippen LogP contribution in [-0.4, -0.2) is 37.5 Å². The molecule has 0 saturated carbocycles. The smallest absolute Gasteiger partial charge is 0.550 e. The molecule has 0 radical (unpaired) electrons. The Kier molecular flexibility index (Phi) is 10.2. The number of rotatable bonds is 10. The Balaban J connectivity index is 0.00000423. The van der Waals surface area contributed by atoms with E-state index in [0.29, 0.717) is 27.7 Å². The first-order valence-electron chi connectivity index (χ1n) is 13.8. The fourth-order valence-corrected chi connectivity index (χ4v) is 5.81. The molecule has 0 saturated heterocycles. The number of aromatic nitrogens is 2. The largest absolute Gasteiger partial charge is 1.00 e. The fraction of sp³-hybridized carbons (Fsp3) is 0.273. The molecule has 0 aliphatic rings. The normalized spacial score (nSPS) is 12.9. The molecule has 5 rings (SSSR count). The van der Waals surface area contributed by atoms with Crippen molar-refractivity contribution in [2.45, 2.75) is 57.8 Å². The molecule has 0 fully saturated rings. The fourth-order valence-electron chi connectivity index (χ4n) is 5.81. The van der Waals surface area contributed by atoms with Crippen LogP contribution < -0.4 is 40.2 Å². The monoisotopic (exact) mass is 596 g/mol. The number of para-hydroxylation sites is 1. The van der Waals surface area contributed by atoms with E-state index < -0.39 is 36.2 Å². The topological polar surface area (TPSA) is 108 Å². The Hall–Kier alpha value is -3.34. The second kappa shape index (κ2) is 13.5. The van der Waals surface area contributed by atoms with Gasteiger partial charge in [0.25, 0.3) is 5.56 Å². The van der Waals surface area contributed by atoms with Crippen LogP contribution in [0, 0.1) is 11.6 Å². The number of carbonyl (C=O) groups is 1. The molecule has 5 aromatic rings. The van der Waals surface area contributed by atoms with Gasteiger partial charge in [0, 0.05) is 46.1 Å². The van der Waals surface area contributed by atoms with Crippen LogP contribution in [-0.2, 0) is 11.2 Å². The van der Waals surface area contributed by atoms with Gasteiger partial charge in [0.2, 0.25) is 0 Å². The van der Waals surface area contributed by atoms with Crippen molar-refractivity contribution in [2.75, 3.05) is 0 Å². The first-order chi connectivity index (χ1) is 20.1. The maximum atomic E-state index is 14.4. The van der Waals surface area contributed by atoms with Gasteiger partial charge in [-0.25, -0.2) is 8.78 Å². The Morgan fingerprint density at radius 2 is 1.51 bits per heavy atom. The van der Waals surface area contributed by atoms with Crippen LogP contribution in [0.15, 0.2) is 77.6 Å². The Morgan fingerprint density at radius 1 is 0.907 bits per heavy atom. The summed E-state index contributed by atoms with van der Waals surface area (Å²) in [6.07, 6.45) is -2.56. The first kappa shape index (κ1) is 32.6. The summed E-state index contributed by atoms with van der Waals surface area (Å²) in [4.78, 5) is 25.3. The number of halogens is 2. The Morgan fingerprint density at radius 3 is 2.12 bits per heavy atom. The number of fused-ring (bicyclic) bond motifs is 3. The Bertz CT molecular complexity index is 1810. The zero-order chi connectivity index (χ0) is 30.1. The number of hydrogen-bond acceptors (Lipinski definition) is 5. The summed E-state index contributed by atoms with van der Waals surface area (Å²) in [6, 6.07) is 18.9. The van der Waals surface area contributed by atoms with E-state index in [2.05, 4.69) is 0 Å². The molecule has 7 nitrogen and oxygen atoms in total. The van der Waals surface area contributed by atoms with Gasteiger partial charge < -0.3 is 24.7 Å². The SMILES string of the molecule is CC(C)n1c(CC[C@@H](O)C[C@@H](O)CC(=O)[O-])c(-c2ccc(F)cc2)c2c3ccccc3n(-c3ccc(F)cc3)c(=O)c21.[Na+]. The third kappa shape index (κ3) is 6.61. The van der Waals surface area contributed by atoms with Gasteiger partial charge in [-0.1, -0.05) is 30.3 Å². The van der Waals surface area contributed by atoms with Gasteiger partial charge in [-0.2, -0.15) is 0 Å². The summed E-state index contributed by atoms with van der Waals surface area (Å²) in [5.41, 5.74) is 3.35. The molecule has 3 aromatic carbocycles. The molecule has 0 amide bonds. The van der Waals surface area contributed by atoms with Crippen LogP contribution >= 0.6 is 0 Å². The minimum absolute atomic E-state index is 0. The average Bonchev–Trinajstić information content (AvgIpc) is 3.29. The molecule has 2 aromatic heterocycles. The van der Waals surface area contributed by atoms with Crippen molar-refractivity contribution >= 4 is 27.8 Å². The number of aliphatic carboxylic acids is 1. The van der Waals surface area contributed by atoms with Gasteiger partial charge in [-0.3, -0.25) is 9.36 Å². The molecule has 43 heavy (non-hydrogen) atoms. The minimum atomic E-state index is -1.41. The molecule has 2 N–H and O–H groups in total. The third-order valence-electron chi connectivity index (χ3n) is 7.52. The summed E-state index contributed by atoms with van der Waals surface area (Å²) in [6.45, 7) is 3.88. The maximum Gasteiger partial charge on any atom is 1.00 e. The number of carboxylic acid groups (broad SMARTS) is 1. The molecular formula is C33H31F2N2NaO5. The molecular weight excluding hydrogens is 565 g/mol. The summed E-state index contributed by atoms with van der Waals surface area (Å²) < 4.78 is 31.3. The zero-order valence-electron chi connectivity index (χ0n) is 24.3. The molecule has 10 heteroatoms. The van der Waals surface area contributed by atoms with Gasteiger partial charge in [-0.05, 0) is 81.1 Å². The number of aliphatic hydroxyl groups is 2. The van der Waals surface area contributed by atoms with Gasteiger partial charge in [0.15, 0.2) is 0 Å². The van der Waals surface area contributed by atoms with Crippen molar-refractivity contribution in [3.63, 3.8) is 0 Å². The van der Waals surface area contributed by atoms with E-state index in [0.717, 1.165) is 16.6 Å². The molecule has 0 aliphatic heterocycles. The summed E-state index contributed by atoms with van der Waals surface area (Å²) in [5.74, 6) is -2.24. The van der Waals surface area contributed by atoms with E-state index >= 15 is 0 Å². The van der Waals surface area contributed by atoms with Crippen molar-refractivity contribution in [3.05, 3.63) is 100 Å². The molecule has 0 aliphatic carbocycles. The van der Waals surface area contributed by atoms with Gasteiger partial charge in [0.1, 0.15) is 17.2 Å². The van der Waals surface area contributed by atoms with E-state index in [9.17, 15) is 33.7 Å². The number of carboxylic acids is 1. The van der Waals surface area contributed by atoms with Crippen LogP contribution in [0.3, 0.4) is 0 Å². The quantitative estimate of drug-likeness (QED) is 0.239. The molecule has 0 unspecified atom stereocenters. The predicted octanol–water partition coefficient (Wildman–Crippen LogP) is 1.66. The zero-order valence-corrected chi connectivity index (χ0v) is 26.3. The second-order valence-corrected chi connectivity index (χ2v) is 10.8. The molecule has 2 heterocycles. The van der Waals surface area contributed by atoms with Crippen LogP contribution in [0.1, 0.15) is 44.8 Å². The first-order valence-corrected chi connectivity index (χ1v) is 13.8. The molecule has 2 atom stereocenters. The van der Waals surface area contributed by atoms with Crippen molar-refractivity contribution in [2.24, 2.45) is 0 Å². The molecule has 0 spiro atoms. The van der Waals surface area contributed by atoms with E-state index in [1.54, 1.807) is 28.8 Å². The number of nitrogens with zero attached hydrogens (tertiary/aromatic N) is 2. The summed E-state index contributed by atoms with van der Waals surface area (Å²) >= 11 is 0. The molecule has 0 bridgehead atoms. The van der Waals surface area contributed by atoms with Gasteiger partial charge >= 0.3 is 29.6 Å². The summed E-state index contributed by atoms with van der Waals surface area (Å²) in [7, 11) is 0. The van der Waals surface area contributed by atoms with Gasteiger partial charge in [-0.15, -0.1) is 0 Å². The van der Waals surface area contributed by atoms with Crippen molar-refractivity contribution in [1.82, 2.24) is 9.13 Å². The number of benzene rings is 3. The minimum Gasteiger partial charge on any atom is -0.550 e. The number of hydrogen-bond donors (Lipinski definition) is 2. The summed E-state index contributed by atoms with van der Waals surface area (Å²) in [5, 5.41) is 33.0. The standard InChI is InChI=1S/C33H32F2N2O5.Na/c1-19(2)36-28(16-15-24(38)17-25(39)18-29(40)41)30(20-7-9-21(34)10-8-20)31-26-5-3-4-6-27(26)37(33(42)32(31)36)23-13-11-22(35)12-14-23;/h3-14,19,24-25,38-39H,15-18H2,1-2H3,(H,40,41);/q;+1/p-1/t24-,25-;/m1./s1. The van der Waals surface area contributed by atoms with Crippen LogP contribution in [0.25, 0.3) is 38.6 Å². The number of carbonyl (C=O) groups excluding carboxylic acids is 1. The number of pyridine rings is 1. The van der Waals surface area contributed by atoms with Crippen LogP contribution in [0.2, 0.25) is 0 Å². The average molecular weight is 597 g/mol. The maximum absolute atomic E-state index is 14.4. The van der Waals surface area contributed by atoms with E-state index in [4.69, 9.17) is 0 Å². The van der Waals surface area contributed by atoms with E-state index in [1.165, 1.54) is 24.3 Å². The van der Waals surface area contributed by atoms with Crippen molar-refractivity contribution < 1.29 is 58.5 Å². The van der Waals surface area contributed by atoms with Gasteiger partial charge in [0.05, 0.1) is 17.7 Å². The van der Waals surface area contributed by atoms with Crippen molar-refractivity contribution in [3.8, 4) is 16.8 Å². The number of aliphatic hydroxyl groups excluding tert-OH is 2. The predicted molar refractivity (Wildman–Crippen MR) is 155 cm³/mol. The third-order valence-corrected chi connectivity index (χ3v) is 7.52. The van der Waals surface area contributed by atoms with Crippen LogP contribution in [0.4, 0.5) is 8.78 Å².